The molecule has 2 aromatic heterocycles. The minimum atomic E-state index is -4.38. The van der Waals surface area contributed by atoms with Gasteiger partial charge in [0.2, 0.25) is 15.7 Å². The molecule has 0 aliphatic rings. The number of Topliss-reactive ketones (excluding diaryl/α,β-unsaturated/α-hetero) is 1. The number of hydrogen-bond acceptors (Lipinski definition) is 8. The average Bonchev–Trinajstić information content (AvgIpc) is 3.28. The molecule has 1 unspecified atom stereocenters. The van der Waals surface area contributed by atoms with E-state index in [0.29, 0.717) is 22.6 Å². The first-order valence-corrected chi connectivity index (χ1v) is 12.6. The van der Waals surface area contributed by atoms with E-state index < -0.39 is 31.1 Å². The molecule has 12 heteroatoms. The third-order valence-corrected chi connectivity index (χ3v) is 8.28. The Balaban J connectivity index is 2.01. The van der Waals surface area contributed by atoms with Crippen molar-refractivity contribution in [3.05, 3.63) is 68.3 Å². The molecule has 8 nitrogen and oxygen atoms in total. The van der Waals surface area contributed by atoms with Crippen molar-refractivity contribution in [2.24, 2.45) is 0 Å². The SMILES string of the molecule is C=CC(Nc1onc(C)c1Cl)S(=O)(=O)c1cc(F)sc1C(=O)Nc1cc(C)cc(C)c1C(C)=O. The fraction of sp³-hybridized carbons (Fsp3) is 0.227. The van der Waals surface area contributed by atoms with E-state index in [4.69, 9.17) is 16.1 Å². The van der Waals surface area contributed by atoms with E-state index in [9.17, 15) is 22.4 Å². The van der Waals surface area contributed by atoms with Crippen molar-refractivity contribution in [1.29, 1.82) is 0 Å². The number of nitrogens with one attached hydrogen (secondary N) is 2. The number of hydrogen-bond donors (Lipinski definition) is 2. The lowest BCUT2D eigenvalue weighted by Crippen LogP contribution is -2.29. The van der Waals surface area contributed by atoms with Gasteiger partial charge < -0.3 is 15.2 Å². The first-order valence-electron chi connectivity index (χ1n) is 9.84. The maximum atomic E-state index is 14.2. The van der Waals surface area contributed by atoms with Crippen LogP contribution in [-0.4, -0.2) is 30.6 Å². The smallest absolute Gasteiger partial charge is 0.267 e. The molecular formula is C22H21ClFN3O5S2. The number of halogens is 2. The molecule has 1 atom stereocenters. The number of carbonyl (C=O) groups excluding carboxylic acids is 2. The Hall–Kier alpha value is -3.02. The van der Waals surface area contributed by atoms with Crippen LogP contribution in [0.2, 0.25) is 5.02 Å². The standard InChI is InChI=1S/C22H21ClFN3O5S2/c1-6-17(26-22-19(23)12(4)27-32-22)34(30,31)15-9-16(24)33-20(15)21(29)25-14-8-10(2)7-11(3)18(14)13(5)28/h6-9,17,26H,1H2,2-5H3,(H,25,29). The summed E-state index contributed by atoms with van der Waals surface area (Å²) in [5, 5.41) is 6.44. The van der Waals surface area contributed by atoms with Gasteiger partial charge in [-0.15, -0.1) is 0 Å². The molecule has 1 amide bonds. The zero-order valence-electron chi connectivity index (χ0n) is 18.7. The fourth-order valence-corrected chi connectivity index (χ4v) is 6.16. The number of ketones is 1. The minimum Gasteiger partial charge on any atom is -0.337 e. The van der Waals surface area contributed by atoms with Crippen LogP contribution >= 0.6 is 22.9 Å². The third-order valence-electron chi connectivity index (χ3n) is 4.87. The number of amides is 1. The second kappa shape index (κ2) is 9.69. The number of carbonyl (C=O) groups is 2. The quantitative estimate of drug-likeness (QED) is 0.302. The second-order valence-electron chi connectivity index (χ2n) is 7.52. The summed E-state index contributed by atoms with van der Waals surface area (Å²) in [5.41, 5.74) is 2.23. The number of sulfone groups is 1. The zero-order chi connectivity index (χ0) is 25.4. The van der Waals surface area contributed by atoms with Crippen LogP contribution in [0, 0.1) is 25.9 Å². The highest BCUT2D eigenvalue weighted by Crippen LogP contribution is 2.33. The van der Waals surface area contributed by atoms with Crippen molar-refractivity contribution in [3.8, 4) is 0 Å². The molecular weight excluding hydrogens is 505 g/mol. The van der Waals surface area contributed by atoms with Crippen LogP contribution in [0.3, 0.4) is 0 Å². The number of aromatic nitrogens is 1. The maximum Gasteiger partial charge on any atom is 0.267 e. The van der Waals surface area contributed by atoms with Crippen LogP contribution in [0.15, 0.2) is 40.3 Å². The predicted molar refractivity (Wildman–Crippen MR) is 129 cm³/mol. The predicted octanol–water partition coefficient (Wildman–Crippen LogP) is 5.31. The van der Waals surface area contributed by atoms with Crippen molar-refractivity contribution in [1.82, 2.24) is 5.16 Å². The van der Waals surface area contributed by atoms with Gasteiger partial charge in [-0.2, -0.15) is 4.39 Å². The molecule has 2 N–H and O–H groups in total. The lowest BCUT2D eigenvalue weighted by atomic mass is 10.00. The largest absolute Gasteiger partial charge is 0.337 e. The molecule has 3 aromatic rings. The molecule has 0 fully saturated rings. The van der Waals surface area contributed by atoms with Gasteiger partial charge in [-0.3, -0.25) is 9.59 Å². The summed E-state index contributed by atoms with van der Waals surface area (Å²) in [4.78, 5) is 24.3. The Labute approximate surface area is 204 Å². The molecule has 0 saturated carbocycles. The molecule has 0 aliphatic heterocycles. The molecule has 3 rings (SSSR count). The number of thiophene rings is 1. The highest BCUT2D eigenvalue weighted by Gasteiger charge is 2.34. The van der Waals surface area contributed by atoms with E-state index in [-0.39, 0.29) is 32.8 Å². The highest BCUT2D eigenvalue weighted by molar-refractivity contribution is 7.92. The van der Waals surface area contributed by atoms with Crippen LogP contribution in [0.1, 0.15) is 43.8 Å². The van der Waals surface area contributed by atoms with Crippen LogP contribution in [0.25, 0.3) is 0 Å². The van der Waals surface area contributed by atoms with Crippen molar-refractivity contribution >= 4 is 56.0 Å². The van der Waals surface area contributed by atoms with E-state index in [1.54, 1.807) is 32.9 Å². The third kappa shape index (κ3) is 4.91. The van der Waals surface area contributed by atoms with E-state index in [1.165, 1.54) is 6.92 Å². The van der Waals surface area contributed by atoms with E-state index in [2.05, 4.69) is 22.4 Å². The Morgan fingerprint density at radius 2 is 1.94 bits per heavy atom. The van der Waals surface area contributed by atoms with Crippen molar-refractivity contribution in [3.63, 3.8) is 0 Å². The number of rotatable bonds is 8. The highest BCUT2D eigenvalue weighted by atomic mass is 35.5. The summed E-state index contributed by atoms with van der Waals surface area (Å²) in [7, 11) is -4.38. The van der Waals surface area contributed by atoms with Gasteiger partial charge in [-0.25, -0.2) is 8.42 Å². The van der Waals surface area contributed by atoms with E-state index in [0.717, 1.165) is 17.7 Å². The summed E-state index contributed by atoms with van der Waals surface area (Å²) in [5.74, 6) is -1.28. The number of anilines is 2. The van der Waals surface area contributed by atoms with Crippen molar-refractivity contribution in [2.45, 2.75) is 38.0 Å². The second-order valence-corrected chi connectivity index (χ2v) is 10.9. The number of nitrogens with zero attached hydrogens (tertiary/aromatic N) is 1. The van der Waals surface area contributed by atoms with Gasteiger partial charge in [-0.1, -0.05) is 46.8 Å². The monoisotopic (exact) mass is 525 g/mol. The summed E-state index contributed by atoms with van der Waals surface area (Å²) < 4.78 is 45.9. The fourth-order valence-electron chi connectivity index (χ4n) is 3.41. The molecule has 0 radical (unpaired) electrons. The van der Waals surface area contributed by atoms with Crippen LogP contribution in [0.4, 0.5) is 16.0 Å². The van der Waals surface area contributed by atoms with Gasteiger partial charge in [0.25, 0.3) is 5.91 Å². The van der Waals surface area contributed by atoms with Crippen LogP contribution in [0.5, 0.6) is 0 Å². The molecule has 180 valence electrons. The summed E-state index contributed by atoms with van der Waals surface area (Å²) >= 11 is 6.42. The minimum absolute atomic E-state index is 0.0723. The maximum absolute atomic E-state index is 14.2. The number of aryl methyl sites for hydroxylation is 3. The zero-order valence-corrected chi connectivity index (χ0v) is 21.0. The van der Waals surface area contributed by atoms with Gasteiger partial charge in [0.1, 0.15) is 15.6 Å². The molecule has 0 saturated heterocycles. The van der Waals surface area contributed by atoms with Gasteiger partial charge in [-0.05, 0) is 44.9 Å². The number of benzene rings is 1. The van der Waals surface area contributed by atoms with Gasteiger partial charge in [0.15, 0.2) is 16.3 Å². The lowest BCUT2D eigenvalue weighted by molar-refractivity contribution is 0.101. The summed E-state index contributed by atoms with van der Waals surface area (Å²) in [6, 6.07) is 4.12. The Kier molecular flexibility index (Phi) is 7.29. The molecule has 0 spiro atoms. The first kappa shape index (κ1) is 25.6. The normalized spacial score (nSPS) is 12.3. The van der Waals surface area contributed by atoms with Gasteiger partial charge in [0, 0.05) is 11.6 Å². The molecule has 2 heterocycles. The van der Waals surface area contributed by atoms with Crippen LogP contribution in [-0.2, 0) is 9.84 Å². The average molecular weight is 526 g/mol. The van der Waals surface area contributed by atoms with Crippen LogP contribution < -0.4 is 10.6 Å². The van der Waals surface area contributed by atoms with E-state index >= 15 is 0 Å². The summed E-state index contributed by atoms with van der Waals surface area (Å²) in [6.45, 7) is 9.93. The van der Waals surface area contributed by atoms with Gasteiger partial charge in [0.05, 0.1) is 10.6 Å². The Morgan fingerprint density at radius 1 is 1.26 bits per heavy atom. The molecule has 1 aromatic carbocycles. The van der Waals surface area contributed by atoms with E-state index in [1.807, 2.05) is 0 Å². The molecule has 0 aliphatic carbocycles. The Bertz CT molecular complexity index is 1410. The lowest BCUT2D eigenvalue weighted by Gasteiger charge is -2.16. The van der Waals surface area contributed by atoms with Crippen molar-refractivity contribution < 1.29 is 26.9 Å². The summed E-state index contributed by atoms with van der Waals surface area (Å²) in [6.07, 6.45) is 1.05. The van der Waals surface area contributed by atoms with Gasteiger partial charge >= 0.3 is 0 Å². The topological polar surface area (TPSA) is 118 Å². The first-order chi connectivity index (χ1) is 15.9. The van der Waals surface area contributed by atoms with Crippen molar-refractivity contribution in [2.75, 3.05) is 10.6 Å². The Morgan fingerprint density at radius 3 is 2.50 bits per heavy atom. The molecule has 34 heavy (non-hydrogen) atoms. The molecule has 0 bridgehead atoms.